The van der Waals surface area contributed by atoms with E-state index in [0.29, 0.717) is 5.92 Å². The summed E-state index contributed by atoms with van der Waals surface area (Å²) in [4.78, 5) is 10.0. The number of rotatable bonds is 2. The molecule has 1 aromatic carbocycles. The molecule has 4 heteroatoms. The largest absolute Gasteiger partial charge is 0.444 e. The number of benzene rings is 1. The summed E-state index contributed by atoms with van der Waals surface area (Å²) < 4.78 is 4.58. The molecule has 1 atom stereocenters. The van der Waals surface area contributed by atoms with Crippen molar-refractivity contribution in [2.45, 2.75) is 52.6 Å². The third-order valence-electron chi connectivity index (χ3n) is 2.46. The van der Waals surface area contributed by atoms with Gasteiger partial charge in [0.05, 0.1) is 0 Å². The van der Waals surface area contributed by atoms with Crippen LogP contribution in [0.5, 0.6) is 0 Å². The van der Waals surface area contributed by atoms with Crippen LogP contribution in [-0.4, -0.2) is 11.7 Å². The molecule has 108 valence electrons. The van der Waals surface area contributed by atoms with Crippen LogP contribution in [0.2, 0.25) is 5.02 Å². The Bertz CT molecular complexity index is 382. The van der Waals surface area contributed by atoms with E-state index in [0.717, 1.165) is 5.02 Å². The fraction of sp³-hybridized carbons (Fsp3) is 0.533. The average Bonchev–Trinajstić information content (AvgIpc) is 2.26. The highest BCUT2D eigenvalue weighted by atomic mass is 35.5. The van der Waals surface area contributed by atoms with Crippen molar-refractivity contribution in [3.8, 4) is 0 Å². The standard InChI is InChI=1S/C10H13Cl.C5H11NO2/c1-3-8(2)9-4-6-10(11)7-5-9;1-5(2,3)8-4(6)7/h4-8H,3H2,1-2H3;1-3H3,(H2,6,7)/t8-;/m1./s1. The molecule has 19 heavy (non-hydrogen) atoms. The summed E-state index contributed by atoms with van der Waals surface area (Å²) in [6.45, 7) is 9.70. The highest BCUT2D eigenvalue weighted by molar-refractivity contribution is 6.30. The predicted octanol–water partition coefficient (Wildman–Crippen LogP) is 4.73. The molecule has 0 saturated heterocycles. The van der Waals surface area contributed by atoms with Gasteiger partial charge in [-0.2, -0.15) is 0 Å². The summed E-state index contributed by atoms with van der Waals surface area (Å²) in [5, 5.41) is 0.817. The molecule has 0 aliphatic carbocycles. The van der Waals surface area contributed by atoms with Gasteiger partial charge in [0.1, 0.15) is 5.60 Å². The van der Waals surface area contributed by atoms with Gasteiger partial charge in [0.15, 0.2) is 0 Å². The second-order valence-electron chi connectivity index (χ2n) is 5.39. The van der Waals surface area contributed by atoms with E-state index in [1.165, 1.54) is 12.0 Å². The third-order valence-corrected chi connectivity index (χ3v) is 2.71. The molecule has 1 aromatic rings. The summed E-state index contributed by atoms with van der Waals surface area (Å²) in [6.07, 6.45) is 0.458. The Morgan fingerprint density at radius 3 is 2.05 bits per heavy atom. The van der Waals surface area contributed by atoms with Gasteiger partial charge in [-0.05, 0) is 50.8 Å². The van der Waals surface area contributed by atoms with Crippen molar-refractivity contribution in [2.24, 2.45) is 5.73 Å². The van der Waals surface area contributed by atoms with Crippen molar-refractivity contribution in [3.05, 3.63) is 34.9 Å². The van der Waals surface area contributed by atoms with E-state index >= 15 is 0 Å². The zero-order valence-corrected chi connectivity index (χ0v) is 13.1. The van der Waals surface area contributed by atoms with Crippen LogP contribution in [-0.2, 0) is 4.74 Å². The van der Waals surface area contributed by atoms with Crippen LogP contribution in [0.15, 0.2) is 24.3 Å². The molecule has 0 aromatic heterocycles. The quantitative estimate of drug-likeness (QED) is 0.854. The first kappa shape index (κ1) is 17.8. The Kier molecular flexibility index (Phi) is 7.53. The number of hydrogen-bond acceptors (Lipinski definition) is 2. The molecule has 0 radical (unpaired) electrons. The normalized spacial score (nSPS) is 12.1. The summed E-state index contributed by atoms with van der Waals surface area (Å²) in [6, 6.07) is 8.08. The minimum Gasteiger partial charge on any atom is -0.444 e. The van der Waals surface area contributed by atoms with Gasteiger partial charge in [0, 0.05) is 5.02 Å². The van der Waals surface area contributed by atoms with E-state index in [1.807, 2.05) is 12.1 Å². The van der Waals surface area contributed by atoms with E-state index in [9.17, 15) is 4.79 Å². The van der Waals surface area contributed by atoms with E-state index in [-0.39, 0.29) is 0 Å². The molecular formula is C15H24ClNO2. The summed E-state index contributed by atoms with van der Waals surface area (Å²) in [5.74, 6) is 0.646. The fourth-order valence-electron chi connectivity index (χ4n) is 1.33. The molecule has 0 fully saturated rings. The number of amides is 1. The van der Waals surface area contributed by atoms with Crippen LogP contribution < -0.4 is 5.73 Å². The van der Waals surface area contributed by atoms with Crippen LogP contribution in [0.1, 0.15) is 52.5 Å². The fourth-order valence-corrected chi connectivity index (χ4v) is 1.45. The van der Waals surface area contributed by atoms with Gasteiger partial charge < -0.3 is 10.5 Å². The first-order chi connectivity index (χ1) is 8.65. The van der Waals surface area contributed by atoms with Gasteiger partial charge in [-0.1, -0.05) is 37.6 Å². The van der Waals surface area contributed by atoms with Crippen LogP contribution in [0.4, 0.5) is 4.79 Å². The number of carbonyl (C=O) groups is 1. The maximum atomic E-state index is 10.0. The number of halogens is 1. The number of nitrogens with two attached hydrogens (primary N) is 1. The number of hydrogen-bond donors (Lipinski definition) is 1. The lowest BCUT2D eigenvalue weighted by Gasteiger charge is -2.16. The van der Waals surface area contributed by atoms with Gasteiger partial charge in [-0.3, -0.25) is 0 Å². The molecule has 0 bridgehead atoms. The van der Waals surface area contributed by atoms with Crippen molar-refractivity contribution in [1.82, 2.24) is 0 Å². The summed E-state index contributed by atoms with van der Waals surface area (Å²) in [7, 11) is 0. The lowest BCUT2D eigenvalue weighted by atomic mass is 9.99. The highest BCUT2D eigenvalue weighted by Gasteiger charge is 2.12. The molecule has 0 saturated carbocycles. The van der Waals surface area contributed by atoms with Crippen LogP contribution in [0.25, 0.3) is 0 Å². The van der Waals surface area contributed by atoms with Crippen molar-refractivity contribution in [1.29, 1.82) is 0 Å². The van der Waals surface area contributed by atoms with E-state index in [4.69, 9.17) is 17.3 Å². The van der Waals surface area contributed by atoms with Gasteiger partial charge in [-0.15, -0.1) is 0 Å². The molecule has 1 amide bonds. The summed E-state index contributed by atoms with van der Waals surface area (Å²) >= 11 is 5.76. The minimum atomic E-state index is -0.725. The molecular weight excluding hydrogens is 262 g/mol. The molecule has 0 aliphatic heterocycles. The van der Waals surface area contributed by atoms with Crippen LogP contribution in [0.3, 0.4) is 0 Å². The number of carbonyl (C=O) groups excluding carboxylic acids is 1. The van der Waals surface area contributed by atoms with Crippen LogP contribution in [0, 0.1) is 0 Å². The van der Waals surface area contributed by atoms with Gasteiger partial charge in [0.2, 0.25) is 0 Å². The topological polar surface area (TPSA) is 52.3 Å². The van der Waals surface area contributed by atoms with Gasteiger partial charge in [0.25, 0.3) is 0 Å². The third kappa shape index (κ3) is 9.37. The first-order valence-electron chi connectivity index (χ1n) is 6.39. The average molecular weight is 286 g/mol. The first-order valence-corrected chi connectivity index (χ1v) is 6.77. The second kappa shape index (κ2) is 8.05. The molecule has 0 spiro atoms. The molecule has 3 nitrogen and oxygen atoms in total. The Hall–Kier alpha value is -1.22. The Balaban J connectivity index is 0.000000362. The van der Waals surface area contributed by atoms with Gasteiger partial charge >= 0.3 is 6.09 Å². The van der Waals surface area contributed by atoms with E-state index < -0.39 is 11.7 Å². The summed E-state index contributed by atoms with van der Waals surface area (Å²) in [5.41, 5.74) is 5.64. The molecule has 2 N–H and O–H groups in total. The van der Waals surface area contributed by atoms with Crippen molar-refractivity contribution in [2.75, 3.05) is 0 Å². The number of ether oxygens (including phenoxy) is 1. The van der Waals surface area contributed by atoms with E-state index in [2.05, 4.69) is 30.7 Å². The SMILES string of the molecule is CC(C)(C)OC(N)=O.CC[C@@H](C)c1ccc(Cl)cc1. The molecule has 0 aliphatic rings. The molecule has 0 heterocycles. The Morgan fingerprint density at radius 1 is 1.32 bits per heavy atom. The van der Waals surface area contributed by atoms with Crippen LogP contribution >= 0.6 is 11.6 Å². The molecule has 1 rings (SSSR count). The van der Waals surface area contributed by atoms with E-state index in [1.54, 1.807) is 20.8 Å². The maximum absolute atomic E-state index is 10.0. The zero-order chi connectivity index (χ0) is 15.1. The highest BCUT2D eigenvalue weighted by Crippen LogP contribution is 2.20. The molecule has 0 unspecified atom stereocenters. The monoisotopic (exact) mass is 285 g/mol. The maximum Gasteiger partial charge on any atom is 0.405 e. The Labute approximate surface area is 121 Å². The predicted molar refractivity (Wildman–Crippen MR) is 80.6 cm³/mol. The lowest BCUT2D eigenvalue weighted by molar-refractivity contribution is 0.0600. The second-order valence-corrected chi connectivity index (χ2v) is 5.83. The number of primary amides is 1. The van der Waals surface area contributed by atoms with Crippen molar-refractivity contribution < 1.29 is 9.53 Å². The smallest absolute Gasteiger partial charge is 0.405 e. The Morgan fingerprint density at radius 2 is 1.79 bits per heavy atom. The van der Waals surface area contributed by atoms with Gasteiger partial charge in [-0.25, -0.2) is 4.79 Å². The minimum absolute atomic E-state index is 0.453. The van der Waals surface area contributed by atoms with Crippen molar-refractivity contribution in [3.63, 3.8) is 0 Å². The van der Waals surface area contributed by atoms with Crippen molar-refractivity contribution >= 4 is 17.7 Å². The zero-order valence-electron chi connectivity index (χ0n) is 12.4. The lowest BCUT2D eigenvalue weighted by Crippen LogP contribution is -2.27.